The third-order valence-corrected chi connectivity index (χ3v) is 3.29. The average Bonchev–Trinajstić information content (AvgIpc) is 2.31. The monoisotopic (exact) mass is 284 g/mol. The lowest BCUT2D eigenvalue weighted by Crippen LogP contribution is -2.46. The van der Waals surface area contributed by atoms with E-state index in [0.717, 1.165) is 38.2 Å². The topological polar surface area (TPSA) is 84.4 Å². The molecule has 0 radical (unpaired) electrons. The van der Waals surface area contributed by atoms with Crippen LogP contribution in [0.4, 0.5) is 10.5 Å². The third kappa shape index (κ3) is 4.96. The molecule has 1 saturated heterocycles. The second-order valence-electron chi connectivity index (χ2n) is 4.80. The Bertz CT molecular complexity index is 419. The van der Waals surface area contributed by atoms with E-state index in [1.54, 1.807) is 0 Å². The van der Waals surface area contributed by atoms with E-state index >= 15 is 0 Å². The molecule has 1 aliphatic rings. The van der Waals surface area contributed by atoms with Gasteiger partial charge in [-0.1, -0.05) is 12.1 Å². The minimum absolute atomic E-state index is 0. The van der Waals surface area contributed by atoms with Gasteiger partial charge < -0.3 is 16.8 Å². The quantitative estimate of drug-likeness (QED) is 0.732. The van der Waals surface area contributed by atoms with E-state index in [1.165, 1.54) is 5.56 Å². The number of hydrogen-bond donors (Lipinski definition) is 3. The third-order valence-electron chi connectivity index (χ3n) is 3.29. The number of piperidine rings is 1. The van der Waals surface area contributed by atoms with E-state index in [-0.39, 0.29) is 18.4 Å². The number of urea groups is 1. The summed E-state index contributed by atoms with van der Waals surface area (Å²) in [5, 5.41) is 2.77. The van der Waals surface area contributed by atoms with Crippen LogP contribution in [0.3, 0.4) is 0 Å². The molecule has 6 heteroatoms. The SMILES string of the molecule is Cl.NC(=O)NC1CCN(Cc2cccc(N)c2)CC1. The Morgan fingerprint density at radius 1 is 1.37 bits per heavy atom. The van der Waals surface area contributed by atoms with Gasteiger partial charge in [0.2, 0.25) is 0 Å². The number of nitrogens with one attached hydrogen (secondary N) is 1. The number of nitrogens with two attached hydrogens (primary N) is 2. The fourth-order valence-electron chi connectivity index (χ4n) is 2.39. The first kappa shape index (κ1) is 15.6. The van der Waals surface area contributed by atoms with Crippen LogP contribution in [0.1, 0.15) is 18.4 Å². The highest BCUT2D eigenvalue weighted by Crippen LogP contribution is 2.15. The summed E-state index contributed by atoms with van der Waals surface area (Å²) in [7, 11) is 0. The minimum atomic E-state index is -0.427. The van der Waals surface area contributed by atoms with Crippen molar-refractivity contribution in [2.75, 3.05) is 18.8 Å². The Balaban J connectivity index is 0.00000180. The number of nitrogens with zero attached hydrogens (tertiary/aromatic N) is 1. The van der Waals surface area contributed by atoms with E-state index in [4.69, 9.17) is 11.5 Å². The van der Waals surface area contributed by atoms with Gasteiger partial charge in [0.25, 0.3) is 0 Å². The van der Waals surface area contributed by atoms with E-state index < -0.39 is 6.03 Å². The molecule has 5 N–H and O–H groups in total. The van der Waals surface area contributed by atoms with Gasteiger partial charge in [-0.2, -0.15) is 0 Å². The highest BCUT2D eigenvalue weighted by molar-refractivity contribution is 5.85. The summed E-state index contributed by atoms with van der Waals surface area (Å²) in [5.41, 5.74) is 12.9. The maximum absolute atomic E-state index is 10.8. The molecular formula is C13H21ClN4O. The highest BCUT2D eigenvalue weighted by atomic mass is 35.5. The van der Waals surface area contributed by atoms with Crippen molar-refractivity contribution in [1.82, 2.24) is 10.2 Å². The largest absolute Gasteiger partial charge is 0.399 e. The van der Waals surface area contributed by atoms with Crippen LogP contribution >= 0.6 is 12.4 Å². The van der Waals surface area contributed by atoms with Crippen molar-refractivity contribution in [3.8, 4) is 0 Å². The van der Waals surface area contributed by atoms with E-state index in [1.807, 2.05) is 18.2 Å². The summed E-state index contributed by atoms with van der Waals surface area (Å²) in [5.74, 6) is 0. The van der Waals surface area contributed by atoms with Gasteiger partial charge in [-0.15, -0.1) is 12.4 Å². The van der Waals surface area contributed by atoms with Gasteiger partial charge in [-0.05, 0) is 30.5 Å². The van der Waals surface area contributed by atoms with Gasteiger partial charge in [-0.3, -0.25) is 4.90 Å². The number of anilines is 1. The number of benzene rings is 1. The number of likely N-dealkylation sites (tertiary alicyclic amines) is 1. The molecule has 2 rings (SSSR count). The Morgan fingerprint density at radius 2 is 2.05 bits per heavy atom. The second kappa shape index (κ2) is 7.21. The molecule has 1 aliphatic heterocycles. The van der Waals surface area contributed by atoms with Crippen LogP contribution in [0.2, 0.25) is 0 Å². The van der Waals surface area contributed by atoms with E-state index in [9.17, 15) is 4.79 Å². The number of carbonyl (C=O) groups excluding carboxylic acids is 1. The van der Waals surface area contributed by atoms with Crippen molar-refractivity contribution in [3.05, 3.63) is 29.8 Å². The molecule has 1 fully saturated rings. The van der Waals surface area contributed by atoms with Crippen LogP contribution < -0.4 is 16.8 Å². The fourth-order valence-corrected chi connectivity index (χ4v) is 2.39. The molecule has 19 heavy (non-hydrogen) atoms. The maximum Gasteiger partial charge on any atom is 0.312 e. The van der Waals surface area contributed by atoms with Gasteiger partial charge in [0.1, 0.15) is 0 Å². The molecule has 0 aliphatic carbocycles. The van der Waals surface area contributed by atoms with E-state index in [2.05, 4.69) is 16.3 Å². The smallest absolute Gasteiger partial charge is 0.312 e. The number of primary amides is 1. The molecule has 0 spiro atoms. The maximum atomic E-state index is 10.8. The van der Waals surface area contributed by atoms with Gasteiger partial charge in [0.15, 0.2) is 0 Å². The Morgan fingerprint density at radius 3 is 2.63 bits per heavy atom. The van der Waals surface area contributed by atoms with Gasteiger partial charge in [-0.25, -0.2) is 4.79 Å². The molecule has 106 valence electrons. The predicted molar refractivity (Wildman–Crippen MR) is 79.1 cm³/mol. The van der Waals surface area contributed by atoms with Crippen molar-refractivity contribution in [2.45, 2.75) is 25.4 Å². The average molecular weight is 285 g/mol. The molecule has 0 atom stereocenters. The van der Waals surface area contributed by atoms with Crippen molar-refractivity contribution in [1.29, 1.82) is 0 Å². The fraction of sp³-hybridized carbons (Fsp3) is 0.462. The molecule has 5 nitrogen and oxygen atoms in total. The van der Waals surface area contributed by atoms with Crippen molar-refractivity contribution in [2.24, 2.45) is 5.73 Å². The normalized spacial score (nSPS) is 16.6. The Hall–Kier alpha value is -1.46. The number of hydrogen-bond acceptors (Lipinski definition) is 3. The Kier molecular flexibility index (Phi) is 5.92. The zero-order valence-electron chi connectivity index (χ0n) is 10.8. The van der Waals surface area contributed by atoms with Gasteiger partial charge in [0.05, 0.1) is 0 Å². The molecule has 2 amide bonds. The molecule has 0 unspecified atom stereocenters. The number of rotatable bonds is 3. The molecular weight excluding hydrogens is 264 g/mol. The molecule has 1 heterocycles. The zero-order chi connectivity index (χ0) is 13.0. The number of nitrogen functional groups attached to an aromatic ring is 1. The van der Waals surface area contributed by atoms with Crippen molar-refractivity contribution in [3.63, 3.8) is 0 Å². The summed E-state index contributed by atoms with van der Waals surface area (Å²) in [6.07, 6.45) is 1.90. The first-order valence-corrected chi connectivity index (χ1v) is 6.26. The lowest BCUT2D eigenvalue weighted by Gasteiger charge is -2.32. The van der Waals surface area contributed by atoms with Crippen LogP contribution in [-0.2, 0) is 6.54 Å². The first-order chi connectivity index (χ1) is 8.63. The van der Waals surface area contributed by atoms with Crippen LogP contribution in [0.5, 0.6) is 0 Å². The molecule has 1 aromatic carbocycles. The zero-order valence-corrected chi connectivity index (χ0v) is 11.7. The minimum Gasteiger partial charge on any atom is -0.399 e. The van der Waals surface area contributed by atoms with Crippen molar-refractivity contribution < 1.29 is 4.79 Å². The highest BCUT2D eigenvalue weighted by Gasteiger charge is 2.19. The molecule has 0 bridgehead atoms. The standard InChI is InChI=1S/C13H20N4O.ClH/c14-11-3-1-2-10(8-11)9-17-6-4-12(5-7-17)16-13(15)18;/h1-3,8,12H,4-7,9,14H2,(H3,15,16,18);1H. The molecule has 1 aromatic rings. The number of halogens is 1. The van der Waals surface area contributed by atoms with Crippen molar-refractivity contribution >= 4 is 24.1 Å². The van der Waals surface area contributed by atoms with Crippen LogP contribution in [0.25, 0.3) is 0 Å². The summed E-state index contributed by atoms with van der Waals surface area (Å²) in [6.45, 7) is 2.85. The summed E-state index contributed by atoms with van der Waals surface area (Å²) in [6, 6.07) is 7.76. The van der Waals surface area contributed by atoms with Crippen LogP contribution in [0.15, 0.2) is 24.3 Å². The molecule has 0 saturated carbocycles. The van der Waals surface area contributed by atoms with Crippen LogP contribution in [0, 0.1) is 0 Å². The second-order valence-corrected chi connectivity index (χ2v) is 4.80. The Labute approximate surface area is 119 Å². The van der Waals surface area contributed by atoms with Crippen LogP contribution in [-0.4, -0.2) is 30.1 Å². The molecule has 0 aromatic heterocycles. The number of carbonyl (C=O) groups is 1. The van der Waals surface area contributed by atoms with Gasteiger partial charge in [0, 0.05) is 31.4 Å². The van der Waals surface area contributed by atoms with Gasteiger partial charge >= 0.3 is 6.03 Å². The number of amides is 2. The summed E-state index contributed by atoms with van der Waals surface area (Å²) >= 11 is 0. The summed E-state index contributed by atoms with van der Waals surface area (Å²) in [4.78, 5) is 13.1. The summed E-state index contributed by atoms with van der Waals surface area (Å²) < 4.78 is 0. The van der Waals surface area contributed by atoms with E-state index in [0.29, 0.717) is 0 Å². The first-order valence-electron chi connectivity index (χ1n) is 6.26. The lowest BCUT2D eigenvalue weighted by molar-refractivity contribution is 0.189. The predicted octanol–water partition coefficient (Wildman–Crippen LogP) is 1.32. The lowest BCUT2D eigenvalue weighted by atomic mass is 10.0.